The first-order valence-electron chi connectivity index (χ1n) is 19.4. The Kier molecular flexibility index (Phi) is 7.68. The van der Waals surface area contributed by atoms with Gasteiger partial charge in [-0.05, 0) is 175 Å². The summed E-state index contributed by atoms with van der Waals surface area (Å²) in [5.74, 6) is 5.29. The summed E-state index contributed by atoms with van der Waals surface area (Å²) < 4.78 is 17.9. The monoisotopic (exact) mass is 666 g/mol. The lowest BCUT2D eigenvalue weighted by atomic mass is 9.28. The molecule has 0 saturated heterocycles. The van der Waals surface area contributed by atoms with Crippen molar-refractivity contribution in [2.75, 3.05) is 19.8 Å². The van der Waals surface area contributed by atoms with Gasteiger partial charge < -0.3 is 14.2 Å². The molecule has 3 aromatic carbocycles. The number of rotatable bonds is 13. The predicted molar refractivity (Wildman–Crippen MR) is 202 cm³/mol. The maximum atomic E-state index is 5.97. The topological polar surface area (TPSA) is 27.7 Å². The zero-order chi connectivity index (χ0) is 34.0. The summed E-state index contributed by atoms with van der Waals surface area (Å²) in [6.45, 7) is 13.2. The van der Waals surface area contributed by atoms with E-state index in [0.717, 1.165) is 35.0 Å². The van der Waals surface area contributed by atoms with E-state index in [9.17, 15) is 0 Å². The molecule has 8 aliphatic rings. The van der Waals surface area contributed by atoms with Gasteiger partial charge in [-0.3, -0.25) is 0 Å². The van der Waals surface area contributed by atoms with Gasteiger partial charge in [0.15, 0.2) is 0 Å². The number of ether oxygens (including phenoxy) is 3. The van der Waals surface area contributed by atoms with Crippen molar-refractivity contribution in [1.29, 1.82) is 0 Å². The Labute approximate surface area is 299 Å². The van der Waals surface area contributed by atoms with Gasteiger partial charge in [-0.2, -0.15) is 0 Å². The molecule has 0 aliphatic heterocycles. The van der Waals surface area contributed by atoms with Crippen LogP contribution in [0.2, 0.25) is 0 Å². The summed E-state index contributed by atoms with van der Waals surface area (Å²) in [5, 5.41) is 0. The largest absolute Gasteiger partial charge is 0.490 e. The van der Waals surface area contributed by atoms with Crippen LogP contribution in [0.5, 0.6) is 17.2 Å². The molecule has 4 atom stereocenters. The van der Waals surface area contributed by atoms with Crippen LogP contribution >= 0.6 is 0 Å². The fourth-order valence-corrected chi connectivity index (χ4v) is 14.1. The van der Waals surface area contributed by atoms with Crippen LogP contribution in [-0.2, 0) is 16.2 Å². The van der Waals surface area contributed by atoms with Crippen LogP contribution in [0.3, 0.4) is 0 Å². The van der Waals surface area contributed by atoms with Crippen LogP contribution in [0.15, 0.2) is 111 Å². The van der Waals surface area contributed by atoms with E-state index in [-0.39, 0.29) is 10.8 Å². The molecule has 8 fully saturated rings. The Morgan fingerprint density at radius 2 is 0.800 bits per heavy atom. The Morgan fingerprint density at radius 3 is 1.22 bits per heavy atom. The lowest BCUT2D eigenvalue weighted by Crippen LogP contribution is -2.68. The first kappa shape index (κ1) is 32.2. The number of benzene rings is 3. The minimum absolute atomic E-state index is 0.190. The van der Waals surface area contributed by atoms with Gasteiger partial charge in [0.2, 0.25) is 0 Å². The zero-order valence-electron chi connectivity index (χ0n) is 29.8. The van der Waals surface area contributed by atoms with Gasteiger partial charge in [-0.1, -0.05) is 74.4 Å². The van der Waals surface area contributed by atoms with Gasteiger partial charge in [-0.25, -0.2) is 0 Å². The van der Waals surface area contributed by atoms with E-state index in [0.29, 0.717) is 36.1 Å². The van der Waals surface area contributed by atoms with E-state index < -0.39 is 0 Å². The van der Waals surface area contributed by atoms with Crippen LogP contribution in [0, 0.1) is 28.6 Å². The first-order valence-corrected chi connectivity index (χ1v) is 19.4. The van der Waals surface area contributed by atoms with E-state index in [1.165, 1.54) is 77.0 Å². The van der Waals surface area contributed by atoms with E-state index in [4.69, 9.17) is 14.2 Å². The summed E-state index contributed by atoms with van der Waals surface area (Å²) >= 11 is 0. The molecule has 8 aliphatic carbocycles. The molecular weight excluding hydrogens is 613 g/mol. The van der Waals surface area contributed by atoms with Crippen molar-refractivity contribution in [2.24, 2.45) is 28.6 Å². The van der Waals surface area contributed by atoms with E-state index >= 15 is 0 Å². The Hall–Kier alpha value is -3.72. The fourth-order valence-electron chi connectivity index (χ4n) is 14.1. The molecule has 0 spiro atoms. The minimum Gasteiger partial charge on any atom is -0.490 e. The summed E-state index contributed by atoms with van der Waals surface area (Å²) in [6, 6.07) is 27.9. The average Bonchev–Trinajstić information content (AvgIpc) is 3.12. The summed E-state index contributed by atoms with van der Waals surface area (Å²) in [5.41, 5.74) is 6.07. The SMILES string of the molecule is C=CCOc1ccc(C23CC4CC(C2)CC(C25CC6CC(c7ccc(OCC=C)cc7)(CC(c7ccc(OCC=C)cc7)(C6)C2)C5)(C4)C3)cc1. The molecule has 0 radical (unpaired) electrons. The third-order valence-corrected chi connectivity index (χ3v) is 14.8. The van der Waals surface area contributed by atoms with Crippen molar-refractivity contribution >= 4 is 0 Å². The van der Waals surface area contributed by atoms with Crippen LogP contribution in [0.1, 0.15) is 93.7 Å². The van der Waals surface area contributed by atoms with Crippen molar-refractivity contribution in [3.8, 4) is 17.2 Å². The van der Waals surface area contributed by atoms with E-state index in [2.05, 4.69) is 92.5 Å². The Morgan fingerprint density at radius 1 is 0.440 bits per heavy atom. The van der Waals surface area contributed by atoms with Gasteiger partial charge in [0.25, 0.3) is 0 Å². The number of hydrogen-bond acceptors (Lipinski definition) is 3. The zero-order valence-corrected chi connectivity index (χ0v) is 29.8. The van der Waals surface area contributed by atoms with Crippen LogP contribution in [0.25, 0.3) is 0 Å². The molecule has 3 heteroatoms. The van der Waals surface area contributed by atoms with Gasteiger partial charge in [-0.15, -0.1) is 0 Å². The van der Waals surface area contributed by atoms with Gasteiger partial charge >= 0.3 is 0 Å². The second-order valence-corrected chi connectivity index (χ2v) is 17.7. The van der Waals surface area contributed by atoms with Gasteiger partial charge in [0, 0.05) is 0 Å². The van der Waals surface area contributed by atoms with Crippen molar-refractivity contribution in [3.63, 3.8) is 0 Å². The molecule has 0 heterocycles. The molecule has 4 unspecified atom stereocenters. The molecule has 260 valence electrons. The van der Waals surface area contributed by atoms with Crippen LogP contribution < -0.4 is 14.2 Å². The number of hydrogen-bond donors (Lipinski definition) is 0. The maximum absolute atomic E-state index is 5.97. The van der Waals surface area contributed by atoms with Crippen molar-refractivity contribution < 1.29 is 14.2 Å². The Balaban J connectivity index is 1.13. The van der Waals surface area contributed by atoms with Gasteiger partial charge in [0.05, 0.1) is 0 Å². The average molecular weight is 667 g/mol. The van der Waals surface area contributed by atoms with E-state index in [1.54, 1.807) is 16.7 Å². The fraction of sp³-hybridized carbons (Fsp3) is 0.489. The third kappa shape index (κ3) is 5.04. The summed E-state index contributed by atoms with van der Waals surface area (Å²) in [6.07, 6.45) is 21.9. The summed E-state index contributed by atoms with van der Waals surface area (Å²) in [4.78, 5) is 0. The molecule has 11 rings (SSSR count). The molecule has 0 amide bonds. The van der Waals surface area contributed by atoms with Crippen molar-refractivity contribution in [2.45, 2.75) is 93.3 Å². The third-order valence-electron chi connectivity index (χ3n) is 14.8. The predicted octanol–water partition coefficient (Wildman–Crippen LogP) is 11.1. The molecule has 8 bridgehead atoms. The molecule has 50 heavy (non-hydrogen) atoms. The highest BCUT2D eigenvalue weighted by atomic mass is 16.5. The highest BCUT2D eigenvalue weighted by Crippen LogP contribution is 2.80. The molecule has 0 aromatic heterocycles. The maximum Gasteiger partial charge on any atom is 0.119 e. The quantitative estimate of drug-likeness (QED) is 0.170. The second-order valence-electron chi connectivity index (χ2n) is 17.7. The molecule has 8 saturated carbocycles. The lowest BCUT2D eigenvalue weighted by molar-refractivity contribution is -0.218. The van der Waals surface area contributed by atoms with Gasteiger partial charge in [0.1, 0.15) is 37.1 Å². The van der Waals surface area contributed by atoms with E-state index in [1.807, 2.05) is 18.2 Å². The molecular formula is C47H54O3. The minimum atomic E-state index is 0.190. The van der Waals surface area contributed by atoms with Crippen molar-refractivity contribution in [1.82, 2.24) is 0 Å². The van der Waals surface area contributed by atoms with Crippen molar-refractivity contribution in [3.05, 3.63) is 127 Å². The molecule has 0 N–H and O–H groups in total. The van der Waals surface area contributed by atoms with Crippen LogP contribution in [0.4, 0.5) is 0 Å². The standard InChI is InChI=1S/C47H54O3/c1-4-19-48-40-13-7-37(8-14-40)43-23-34-22-35(24-43)28-46(27-34,31-43)47-29-36-25-44(32-47,38-9-15-41(16-10-38)49-20-5-2)30-45(26-36,33-47)39-11-17-42(18-12-39)50-21-6-3/h4-18,34-36H,1-3,19-33H2. The highest BCUT2D eigenvalue weighted by molar-refractivity contribution is 5.44. The first-order chi connectivity index (χ1) is 24.3. The Bertz CT molecular complexity index is 1660. The lowest BCUT2D eigenvalue weighted by Gasteiger charge is -2.76. The smallest absolute Gasteiger partial charge is 0.119 e. The normalized spacial score (nSPS) is 37.3. The second kappa shape index (κ2) is 11.9. The molecule has 3 nitrogen and oxygen atoms in total. The van der Waals surface area contributed by atoms with Crippen LogP contribution in [-0.4, -0.2) is 19.8 Å². The summed E-state index contributed by atoms with van der Waals surface area (Å²) in [7, 11) is 0. The highest BCUT2D eigenvalue weighted by Gasteiger charge is 2.72. The molecule has 3 aromatic rings.